The molecule has 2 heterocycles. The first-order valence-corrected chi connectivity index (χ1v) is 10.6. The van der Waals surface area contributed by atoms with Crippen molar-refractivity contribution in [3.05, 3.63) is 64.7 Å². The Bertz CT molecular complexity index is 1100. The molecule has 2 aliphatic heterocycles. The standard InChI is InChI=1S/C23H22ClN5O3/c1-26-22(32)27-11-10-23(15-27)21(31)28(19-8-4-16(12-25)5-9-19)14-20(30)29(23)13-17-2-6-18(24)7-3-17/h2-9H,10-11,13-15H2,1H3,(H,26,32). The van der Waals surface area contributed by atoms with Crippen molar-refractivity contribution < 1.29 is 14.4 Å². The summed E-state index contributed by atoms with van der Waals surface area (Å²) >= 11 is 5.99. The molecule has 0 aromatic heterocycles. The number of nitrogens with zero attached hydrogens (tertiary/aromatic N) is 4. The summed E-state index contributed by atoms with van der Waals surface area (Å²) in [5, 5.41) is 12.2. The fourth-order valence-corrected chi connectivity index (χ4v) is 4.48. The molecule has 0 aliphatic carbocycles. The second-order valence-corrected chi connectivity index (χ2v) is 8.35. The summed E-state index contributed by atoms with van der Waals surface area (Å²) in [6.45, 7) is 0.596. The number of rotatable bonds is 3. The largest absolute Gasteiger partial charge is 0.341 e. The minimum Gasteiger partial charge on any atom is -0.341 e. The molecule has 0 bridgehead atoms. The number of hydrogen-bond acceptors (Lipinski definition) is 4. The summed E-state index contributed by atoms with van der Waals surface area (Å²) in [5.74, 6) is -0.440. The maximum absolute atomic E-state index is 13.8. The highest BCUT2D eigenvalue weighted by molar-refractivity contribution is 6.30. The van der Waals surface area contributed by atoms with Gasteiger partial charge in [-0.15, -0.1) is 0 Å². The number of urea groups is 1. The molecule has 2 aromatic carbocycles. The normalized spacial score (nSPS) is 20.6. The van der Waals surface area contributed by atoms with Crippen LogP contribution < -0.4 is 10.2 Å². The van der Waals surface area contributed by atoms with Crippen LogP contribution in [-0.2, 0) is 16.1 Å². The van der Waals surface area contributed by atoms with E-state index in [1.165, 1.54) is 11.9 Å². The number of nitriles is 1. The summed E-state index contributed by atoms with van der Waals surface area (Å²) in [6, 6.07) is 15.5. The van der Waals surface area contributed by atoms with Crippen LogP contribution >= 0.6 is 11.6 Å². The number of halogens is 1. The Kier molecular flexibility index (Phi) is 5.76. The SMILES string of the molecule is CNC(=O)N1CCC2(C1)C(=O)N(c1ccc(C#N)cc1)CC(=O)N2Cc1ccc(Cl)cc1. The van der Waals surface area contributed by atoms with E-state index in [9.17, 15) is 14.4 Å². The topological polar surface area (TPSA) is 96.7 Å². The number of piperazine rings is 1. The van der Waals surface area contributed by atoms with E-state index in [2.05, 4.69) is 5.32 Å². The van der Waals surface area contributed by atoms with Crippen molar-refractivity contribution >= 4 is 35.1 Å². The van der Waals surface area contributed by atoms with E-state index in [0.29, 0.717) is 29.2 Å². The maximum atomic E-state index is 13.8. The van der Waals surface area contributed by atoms with Crippen molar-refractivity contribution in [2.75, 3.05) is 31.6 Å². The van der Waals surface area contributed by atoms with Crippen molar-refractivity contribution in [1.29, 1.82) is 5.26 Å². The van der Waals surface area contributed by atoms with Gasteiger partial charge in [-0.2, -0.15) is 5.26 Å². The van der Waals surface area contributed by atoms with Gasteiger partial charge < -0.3 is 20.0 Å². The van der Waals surface area contributed by atoms with Crippen LogP contribution in [0.2, 0.25) is 5.02 Å². The lowest BCUT2D eigenvalue weighted by atomic mass is 9.90. The van der Waals surface area contributed by atoms with Gasteiger partial charge in [-0.3, -0.25) is 9.59 Å². The van der Waals surface area contributed by atoms with Gasteiger partial charge in [-0.25, -0.2) is 4.79 Å². The Hall–Kier alpha value is -3.57. The average molecular weight is 452 g/mol. The number of carbonyl (C=O) groups excluding carboxylic acids is 3. The van der Waals surface area contributed by atoms with Crippen LogP contribution in [0.25, 0.3) is 0 Å². The highest BCUT2D eigenvalue weighted by atomic mass is 35.5. The number of hydrogen-bond donors (Lipinski definition) is 1. The van der Waals surface area contributed by atoms with Gasteiger partial charge in [0.05, 0.1) is 18.2 Å². The molecule has 1 N–H and O–H groups in total. The number of carbonyl (C=O) groups is 3. The Morgan fingerprint density at radius 1 is 1.16 bits per heavy atom. The minimum absolute atomic E-state index is 0.109. The lowest BCUT2D eigenvalue weighted by molar-refractivity contribution is -0.151. The predicted octanol–water partition coefficient (Wildman–Crippen LogP) is 2.37. The first-order chi connectivity index (χ1) is 15.4. The molecular weight excluding hydrogens is 430 g/mol. The molecule has 1 spiro atoms. The van der Waals surface area contributed by atoms with Gasteiger partial charge in [0.15, 0.2) is 0 Å². The third-order valence-corrected chi connectivity index (χ3v) is 6.32. The molecule has 8 nitrogen and oxygen atoms in total. The summed E-state index contributed by atoms with van der Waals surface area (Å²) in [6.07, 6.45) is 0.339. The third kappa shape index (κ3) is 3.76. The van der Waals surface area contributed by atoms with Gasteiger partial charge in [-0.05, 0) is 48.4 Å². The molecule has 2 fully saturated rings. The number of likely N-dealkylation sites (tertiary alicyclic amines) is 1. The van der Waals surface area contributed by atoms with Crippen LogP contribution in [0.15, 0.2) is 48.5 Å². The molecule has 4 amide bonds. The minimum atomic E-state index is -1.17. The fourth-order valence-electron chi connectivity index (χ4n) is 4.35. The summed E-state index contributed by atoms with van der Waals surface area (Å²) in [4.78, 5) is 44.1. The van der Waals surface area contributed by atoms with Crippen molar-refractivity contribution in [3.8, 4) is 6.07 Å². The molecule has 32 heavy (non-hydrogen) atoms. The Morgan fingerprint density at radius 2 is 1.84 bits per heavy atom. The van der Waals surface area contributed by atoms with Crippen LogP contribution in [0.3, 0.4) is 0 Å². The molecule has 4 rings (SSSR count). The zero-order chi connectivity index (χ0) is 22.9. The van der Waals surface area contributed by atoms with Gasteiger partial charge in [0.2, 0.25) is 5.91 Å². The van der Waals surface area contributed by atoms with E-state index in [1.54, 1.807) is 46.2 Å². The molecular formula is C23H22ClN5O3. The van der Waals surface area contributed by atoms with Gasteiger partial charge in [0.1, 0.15) is 12.1 Å². The zero-order valence-electron chi connectivity index (χ0n) is 17.5. The summed E-state index contributed by atoms with van der Waals surface area (Å²) in [5.41, 5.74) is 0.691. The van der Waals surface area contributed by atoms with Crippen LogP contribution in [-0.4, -0.2) is 59.9 Å². The Morgan fingerprint density at radius 3 is 2.47 bits per heavy atom. The summed E-state index contributed by atoms with van der Waals surface area (Å²) in [7, 11) is 1.54. The summed E-state index contributed by atoms with van der Waals surface area (Å²) < 4.78 is 0. The number of amides is 4. The van der Waals surface area contributed by atoms with Crippen molar-refractivity contribution in [2.24, 2.45) is 0 Å². The van der Waals surface area contributed by atoms with E-state index in [0.717, 1.165) is 5.56 Å². The van der Waals surface area contributed by atoms with E-state index in [-0.39, 0.29) is 37.5 Å². The predicted molar refractivity (Wildman–Crippen MR) is 119 cm³/mol. The number of benzene rings is 2. The second kappa shape index (κ2) is 8.52. The van der Waals surface area contributed by atoms with Crippen LogP contribution in [0, 0.1) is 11.3 Å². The number of anilines is 1. The maximum Gasteiger partial charge on any atom is 0.317 e. The molecule has 9 heteroatoms. The molecule has 1 unspecified atom stereocenters. The third-order valence-electron chi connectivity index (χ3n) is 6.07. The van der Waals surface area contributed by atoms with Crippen molar-refractivity contribution in [1.82, 2.24) is 15.1 Å². The molecule has 1 atom stereocenters. The molecule has 0 radical (unpaired) electrons. The number of nitrogens with one attached hydrogen (secondary N) is 1. The van der Waals surface area contributed by atoms with Gasteiger partial charge in [0.25, 0.3) is 5.91 Å². The molecule has 2 saturated heterocycles. The highest BCUT2D eigenvalue weighted by Crippen LogP contribution is 2.37. The van der Waals surface area contributed by atoms with Gasteiger partial charge in [0, 0.05) is 30.8 Å². The van der Waals surface area contributed by atoms with Crippen molar-refractivity contribution in [3.63, 3.8) is 0 Å². The molecule has 164 valence electrons. The average Bonchev–Trinajstić information content (AvgIpc) is 3.26. The van der Waals surface area contributed by atoms with Crippen LogP contribution in [0.5, 0.6) is 0 Å². The fraction of sp³-hybridized carbons (Fsp3) is 0.304. The molecule has 0 saturated carbocycles. The van der Waals surface area contributed by atoms with Gasteiger partial charge >= 0.3 is 6.03 Å². The van der Waals surface area contributed by atoms with Gasteiger partial charge in [-0.1, -0.05) is 23.7 Å². The van der Waals surface area contributed by atoms with E-state index in [4.69, 9.17) is 16.9 Å². The van der Waals surface area contributed by atoms with Crippen molar-refractivity contribution in [2.45, 2.75) is 18.5 Å². The monoisotopic (exact) mass is 451 g/mol. The molecule has 2 aliphatic rings. The first kappa shape index (κ1) is 21.7. The Balaban J connectivity index is 1.71. The smallest absolute Gasteiger partial charge is 0.317 e. The zero-order valence-corrected chi connectivity index (χ0v) is 18.3. The lowest BCUT2D eigenvalue weighted by Gasteiger charge is -2.47. The van der Waals surface area contributed by atoms with Crippen LogP contribution in [0.1, 0.15) is 17.5 Å². The highest BCUT2D eigenvalue weighted by Gasteiger charge is 2.56. The first-order valence-electron chi connectivity index (χ1n) is 10.2. The molecule has 2 aromatic rings. The van der Waals surface area contributed by atoms with E-state index >= 15 is 0 Å². The van der Waals surface area contributed by atoms with E-state index < -0.39 is 5.54 Å². The van der Waals surface area contributed by atoms with E-state index in [1.807, 2.05) is 18.2 Å². The second-order valence-electron chi connectivity index (χ2n) is 7.91. The van der Waals surface area contributed by atoms with Crippen LogP contribution in [0.4, 0.5) is 10.5 Å². The Labute approximate surface area is 191 Å². The lowest BCUT2D eigenvalue weighted by Crippen LogP contribution is -2.69. The quantitative estimate of drug-likeness (QED) is 0.774.